The summed E-state index contributed by atoms with van der Waals surface area (Å²) < 4.78 is 29.5. The fraction of sp³-hybridized carbons (Fsp3) is 0.333. The summed E-state index contributed by atoms with van der Waals surface area (Å²) in [6.45, 7) is 4.72. The minimum Gasteiger partial charge on any atom is -0.322 e. The fourth-order valence-electron chi connectivity index (χ4n) is 4.15. The quantitative estimate of drug-likeness (QED) is 0.625. The van der Waals surface area contributed by atoms with Gasteiger partial charge >= 0.3 is 0 Å². The zero-order valence-corrected chi connectivity index (χ0v) is 19.2. The first-order valence-corrected chi connectivity index (χ1v) is 12.3. The van der Waals surface area contributed by atoms with Gasteiger partial charge in [0.15, 0.2) is 0 Å². The second-order valence-electron chi connectivity index (χ2n) is 8.09. The number of nitrogens with zero attached hydrogens (tertiary/aromatic N) is 3. The van der Waals surface area contributed by atoms with Crippen molar-refractivity contribution < 1.29 is 13.2 Å². The monoisotopic (exact) mass is 452 g/mol. The van der Waals surface area contributed by atoms with Gasteiger partial charge in [-0.2, -0.15) is 9.40 Å². The molecule has 0 unspecified atom stereocenters. The molecule has 1 amide bonds. The predicted molar refractivity (Wildman–Crippen MR) is 125 cm³/mol. The van der Waals surface area contributed by atoms with Crippen molar-refractivity contribution in [3.8, 4) is 5.69 Å². The van der Waals surface area contributed by atoms with Crippen LogP contribution in [0.2, 0.25) is 0 Å². The molecular formula is C24H28N4O3S. The molecule has 2 aromatic carbocycles. The van der Waals surface area contributed by atoms with E-state index in [1.54, 1.807) is 34.1 Å². The summed E-state index contributed by atoms with van der Waals surface area (Å²) in [4.78, 5) is 13.3. The number of hydrogen-bond acceptors (Lipinski definition) is 4. The summed E-state index contributed by atoms with van der Waals surface area (Å²) >= 11 is 0. The number of sulfonamides is 1. The average molecular weight is 453 g/mol. The first-order chi connectivity index (χ1) is 15.4. The van der Waals surface area contributed by atoms with Crippen LogP contribution in [0.5, 0.6) is 0 Å². The van der Waals surface area contributed by atoms with Gasteiger partial charge in [0.25, 0.3) is 5.91 Å². The Morgan fingerprint density at radius 2 is 1.62 bits per heavy atom. The van der Waals surface area contributed by atoms with Gasteiger partial charge in [-0.25, -0.2) is 13.1 Å². The van der Waals surface area contributed by atoms with E-state index in [-0.39, 0.29) is 10.8 Å². The highest BCUT2D eigenvalue weighted by molar-refractivity contribution is 7.89. The van der Waals surface area contributed by atoms with Gasteiger partial charge in [-0.1, -0.05) is 37.1 Å². The maximum Gasteiger partial charge on any atom is 0.259 e. The topological polar surface area (TPSA) is 84.3 Å². The Hall–Kier alpha value is -2.97. The lowest BCUT2D eigenvalue weighted by atomic mass is 10.1. The molecule has 0 bridgehead atoms. The van der Waals surface area contributed by atoms with Crippen molar-refractivity contribution in [2.24, 2.45) is 0 Å². The molecule has 1 aliphatic rings. The molecule has 32 heavy (non-hydrogen) atoms. The average Bonchev–Trinajstić information content (AvgIpc) is 2.96. The van der Waals surface area contributed by atoms with E-state index >= 15 is 0 Å². The highest BCUT2D eigenvalue weighted by Crippen LogP contribution is 2.24. The number of rotatable bonds is 5. The fourth-order valence-corrected chi connectivity index (χ4v) is 5.71. The van der Waals surface area contributed by atoms with E-state index < -0.39 is 10.0 Å². The molecule has 0 radical (unpaired) electrons. The molecule has 0 aliphatic carbocycles. The Morgan fingerprint density at radius 1 is 0.938 bits per heavy atom. The molecule has 2 heterocycles. The van der Waals surface area contributed by atoms with Gasteiger partial charge in [-0.3, -0.25) is 4.79 Å². The molecule has 1 aliphatic heterocycles. The van der Waals surface area contributed by atoms with E-state index in [0.717, 1.165) is 37.1 Å². The van der Waals surface area contributed by atoms with Crippen molar-refractivity contribution in [3.63, 3.8) is 0 Å². The lowest BCUT2D eigenvalue weighted by Gasteiger charge is -2.20. The Bertz CT molecular complexity index is 1210. The lowest BCUT2D eigenvalue weighted by Crippen LogP contribution is -2.32. The molecule has 8 heteroatoms. The standard InChI is InChI=1S/C24H28N4O3S/c1-18-23(19(2)28(26-18)21-12-6-5-7-13-21)24(29)25-20-11-10-14-22(17-20)32(30,31)27-15-8-3-4-9-16-27/h5-7,10-14,17H,3-4,8-9,15-16H2,1-2H3,(H,25,29). The molecule has 1 N–H and O–H groups in total. The van der Waals surface area contributed by atoms with Crippen LogP contribution in [0.25, 0.3) is 5.69 Å². The number of nitrogens with one attached hydrogen (secondary N) is 1. The Labute approximate surface area is 189 Å². The summed E-state index contributed by atoms with van der Waals surface area (Å²) in [5, 5.41) is 7.38. The van der Waals surface area contributed by atoms with Crippen LogP contribution in [0.1, 0.15) is 47.4 Å². The molecule has 168 valence electrons. The van der Waals surface area contributed by atoms with Gasteiger partial charge in [0.2, 0.25) is 10.0 Å². The summed E-state index contributed by atoms with van der Waals surface area (Å²) in [7, 11) is -3.59. The van der Waals surface area contributed by atoms with Crippen LogP contribution in [0.3, 0.4) is 0 Å². The SMILES string of the molecule is Cc1nn(-c2ccccc2)c(C)c1C(=O)Nc1cccc(S(=O)(=O)N2CCCCCC2)c1. The molecular weight excluding hydrogens is 424 g/mol. The number of carbonyl (C=O) groups excluding carboxylic acids is 1. The van der Waals surface area contributed by atoms with E-state index in [0.29, 0.717) is 30.0 Å². The van der Waals surface area contributed by atoms with Crippen molar-refractivity contribution in [3.05, 3.63) is 71.5 Å². The summed E-state index contributed by atoms with van der Waals surface area (Å²) in [6.07, 6.45) is 3.86. The van der Waals surface area contributed by atoms with Crippen LogP contribution in [0, 0.1) is 13.8 Å². The third-order valence-corrected chi connectivity index (χ3v) is 7.71. The molecule has 4 rings (SSSR count). The van der Waals surface area contributed by atoms with Gasteiger partial charge in [0.1, 0.15) is 0 Å². The van der Waals surface area contributed by atoms with E-state index in [2.05, 4.69) is 10.4 Å². The number of aromatic nitrogens is 2. The third kappa shape index (κ3) is 4.47. The van der Waals surface area contributed by atoms with Crippen molar-refractivity contribution in [2.45, 2.75) is 44.4 Å². The number of hydrogen-bond donors (Lipinski definition) is 1. The summed E-state index contributed by atoms with van der Waals surface area (Å²) in [6, 6.07) is 16.1. The van der Waals surface area contributed by atoms with Gasteiger partial charge < -0.3 is 5.32 Å². The van der Waals surface area contributed by atoms with Crippen LogP contribution in [-0.4, -0.2) is 41.5 Å². The van der Waals surface area contributed by atoms with Gasteiger partial charge in [-0.15, -0.1) is 0 Å². The van der Waals surface area contributed by atoms with E-state index in [1.165, 1.54) is 6.07 Å². The summed E-state index contributed by atoms with van der Waals surface area (Å²) in [5.41, 5.74) is 3.13. The molecule has 0 spiro atoms. The number of anilines is 1. The minimum atomic E-state index is -3.59. The number of benzene rings is 2. The zero-order chi connectivity index (χ0) is 22.7. The Morgan fingerprint density at radius 3 is 2.31 bits per heavy atom. The van der Waals surface area contributed by atoms with Crippen molar-refractivity contribution in [1.82, 2.24) is 14.1 Å². The van der Waals surface area contributed by atoms with E-state index in [4.69, 9.17) is 0 Å². The third-order valence-electron chi connectivity index (χ3n) is 5.81. The van der Waals surface area contributed by atoms with Crippen LogP contribution in [0.4, 0.5) is 5.69 Å². The minimum absolute atomic E-state index is 0.200. The van der Waals surface area contributed by atoms with Crippen LogP contribution in [0.15, 0.2) is 59.5 Å². The van der Waals surface area contributed by atoms with E-state index in [9.17, 15) is 13.2 Å². The van der Waals surface area contributed by atoms with Crippen LogP contribution < -0.4 is 5.32 Å². The van der Waals surface area contributed by atoms with Crippen molar-refractivity contribution in [2.75, 3.05) is 18.4 Å². The predicted octanol–water partition coefficient (Wildman–Crippen LogP) is 4.31. The maximum absolute atomic E-state index is 13.1. The molecule has 0 saturated carbocycles. The molecule has 1 fully saturated rings. The lowest BCUT2D eigenvalue weighted by molar-refractivity contribution is 0.102. The van der Waals surface area contributed by atoms with Crippen LogP contribution in [-0.2, 0) is 10.0 Å². The summed E-state index contributed by atoms with van der Waals surface area (Å²) in [5.74, 6) is -0.313. The van der Waals surface area contributed by atoms with E-state index in [1.807, 2.05) is 37.3 Å². The smallest absolute Gasteiger partial charge is 0.259 e. The van der Waals surface area contributed by atoms with Gasteiger partial charge in [0, 0.05) is 18.8 Å². The normalized spacial score (nSPS) is 15.3. The van der Waals surface area contributed by atoms with Crippen LogP contribution >= 0.6 is 0 Å². The zero-order valence-electron chi connectivity index (χ0n) is 18.4. The van der Waals surface area contributed by atoms with Crippen molar-refractivity contribution >= 4 is 21.6 Å². The maximum atomic E-state index is 13.1. The second-order valence-corrected chi connectivity index (χ2v) is 10.0. The highest BCUT2D eigenvalue weighted by atomic mass is 32.2. The highest BCUT2D eigenvalue weighted by Gasteiger charge is 2.26. The molecule has 1 aromatic heterocycles. The largest absolute Gasteiger partial charge is 0.322 e. The second kappa shape index (κ2) is 9.26. The first-order valence-electron chi connectivity index (χ1n) is 10.9. The molecule has 0 atom stereocenters. The molecule has 3 aromatic rings. The molecule has 7 nitrogen and oxygen atoms in total. The van der Waals surface area contributed by atoms with Gasteiger partial charge in [0.05, 0.1) is 27.5 Å². The number of para-hydroxylation sites is 1. The molecule has 1 saturated heterocycles. The Kier molecular flexibility index (Phi) is 6.43. The number of carbonyl (C=O) groups is 1. The van der Waals surface area contributed by atoms with Crippen molar-refractivity contribution in [1.29, 1.82) is 0 Å². The number of aryl methyl sites for hydroxylation is 1. The number of amides is 1. The first kappa shape index (κ1) is 22.2. The Balaban J connectivity index is 1.58. The van der Waals surface area contributed by atoms with Gasteiger partial charge in [-0.05, 0) is 57.0 Å².